The van der Waals surface area contributed by atoms with Crippen molar-refractivity contribution in [3.63, 3.8) is 0 Å². The second kappa shape index (κ2) is 6.91. The van der Waals surface area contributed by atoms with Crippen LogP contribution in [-0.4, -0.2) is 21.1 Å². The third-order valence-corrected chi connectivity index (χ3v) is 4.29. The third kappa shape index (κ3) is 3.07. The molecular formula is C17H17ClN6. The van der Waals surface area contributed by atoms with Gasteiger partial charge in [-0.2, -0.15) is 0 Å². The second-order valence-corrected chi connectivity index (χ2v) is 5.88. The molecule has 0 fully saturated rings. The predicted octanol–water partition coefficient (Wildman–Crippen LogP) is 4.80. The molecule has 0 aliphatic heterocycles. The molecule has 0 aliphatic rings. The van der Waals surface area contributed by atoms with Gasteiger partial charge in [0.2, 0.25) is 0 Å². The number of rotatable bonds is 5. The maximum Gasteiger partial charge on any atom is 0.166 e. The minimum Gasteiger partial charge on any atom is -0.281 e. The number of fused-ring (bicyclic) bond motifs is 1. The van der Waals surface area contributed by atoms with E-state index in [0.29, 0.717) is 11.7 Å². The zero-order valence-corrected chi connectivity index (χ0v) is 14.3. The minimum absolute atomic E-state index is 0.459. The second-order valence-electron chi connectivity index (χ2n) is 5.53. The average Bonchev–Trinajstić information content (AvgIpc) is 2.93. The summed E-state index contributed by atoms with van der Waals surface area (Å²) in [4.78, 5) is 12.0. The lowest BCUT2D eigenvalue weighted by Crippen LogP contribution is -2.01. The Morgan fingerprint density at radius 2 is 2.00 bits per heavy atom. The molecule has 24 heavy (non-hydrogen) atoms. The molecular weight excluding hydrogens is 324 g/mol. The van der Waals surface area contributed by atoms with E-state index in [2.05, 4.69) is 26.9 Å². The highest BCUT2D eigenvalue weighted by atomic mass is 35.5. The number of hydrogen-bond acceptors (Lipinski definition) is 3. The first-order valence-corrected chi connectivity index (χ1v) is 8.16. The van der Waals surface area contributed by atoms with E-state index in [1.54, 1.807) is 0 Å². The van der Waals surface area contributed by atoms with Crippen LogP contribution in [0.25, 0.3) is 27.3 Å². The van der Waals surface area contributed by atoms with E-state index in [4.69, 9.17) is 17.1 Å². The van der Waals surface area contributed by atoms with E-state index in [-0.39, 0.29) is 0 Å². The quantitative estimate of drug-likeness (QED) is 0.289. The molecule has 3 rings (SSSR count). The smallest absolute Gasteiger partial charge is 0.166 e. The third-order valence-electron chi connectivity index (χ3n) is 3.91. The van der Waals surface area contributed by atoms with Crippen molar-refractivity contribution in [3.05, 3.63) is 62.9 Å². The van der Waals surface area contributed by atoms with Crippen LogP contribution < -0.4 is 0 Å². The number of pyridine rings is 1. The molecule has 1 aromatic carbocycles. The monoisotopic (exact) mass is 340 g/mol. The summed E-state index contributed by atoms with van der Waals surface area (Å²) in [5.74, 6) is 0.945. The van der Waals surface area contributed by atoms with Gasteiger partial charge in [0.25, 0.3) is 0 Å². The van der Waals surface area contributed by atoms with Crippen LogP contribution >= 0.6 is 11.6 Å². The topological polar surface area (TPSA) is 79.5 Å². The summed E-state index contributed by atoms with van der Waals surface area (Å²) in [5, 5.41) is 4.06. The van der Waals surface area contributed by atoms with Gasteiger partial charge >= 0.3 is 0 Å². The van der Waals surface area contributed by atoms with Crippen LogP contribution in [0, 0.1) is 6.92 Å². The summed E-state index contributed by atoms with van der Waals surface area (Å²) >= 11 is 6.20. The van der Waals surface area contributed by atoms with Gasteiger partial charge in [0.1, 0.15) is 16.5 Å². The molecule has 3 aromatic rings. The Morgan fingerprint density at radius 3 is 2.67 bits per heavy atom. The van der Waals surface area contributed by atoms with Crippen molar-refractivity contribution in [2.75, 3.05) is 6.54 Å². The van der Waals surface area contributed by atoms with Crippen LogP contribution in [0.5, 0.6) is 0 Å². The highest BCUT2D eigenvalue weighted by Crippen LogP contribution is 2.24. The van der Waals surface area contributed by atoms with Crippen LogP contribution in [0.15, 0.2) is 35.4 Å². The zero-order chi connectivity index (χ0) is 17.1. The number of nitrogens with zero attached hydrogens (tertiary/aromatic N) is 6. The van der Waals surface area contributed by atoms with Crippen molar-refractivity contribution in [1.29, 1.82) is 0 Å². The van der Waals surface area contributed by atoms with Crippen LogP contribution in [0.4, 0.5) is 0 Å². The number of azide groups is 1. The van der Waals surface area contributed by atoms with E-state index >= 15 is 0 Å². The first-order valence-electron chi connectivity index (χ1n) is 7.78. The van der Waals surface area contributed by atoms with Crippen molar-refractivity contribution in [1.82, 2.24) is 14.5 Å². The Hall–Kier alpha value is -2.56. The fourth-order valence-corrected chi connectivity index (χ4v) is 2.80. The van der Waals surface area contributed by atoms with Gasteiger partial charge in [0, 0.05) is 23.6 Å². The van der Waals surface area contributed by atoms with Gasteiger partial charge in [0.05, 0.1) is 0 Å². The zero-order valence-electron chi connectivity index (χ0n) is 13.6. The van der Waals surface area contributed by atoms with E-state index in [0.717, 1.165) is 46.6 Å². The Morgan fingerprint density at radius 1 is 1.25 bits per heavy atom. The maximum atomic E-state index is 8.34. The molecule has 122 valence electrons. The van der Waals surface area contributed by atoms with Crippen molar-refractivity contribution in [2.45, 2.75) is 26.7 Å². The fraction of sp³-hybridized carbons (Fsp3) is 0.294. The van der Waals surface area contributed by atoms with Crippen molar-refractivity contribution >= 4 is 22.8 Å². The van der Waals surface area contributed by atoms with Crippen LogP contribution in [0.3, 0.4) is 0 Å². The molecule has 0 atom stereocenters. The average molecular weight is 341 g/mol. The van der Waals surface area contributed by atoms with Gasteiger partial charge < -0.3 is 0 Å². The number of imidazole rings is 1. The van der Waals surface area contributed by atoms with Crippen LogP contribution in [0.1, 0.15) is 23.9 Å². The molecule has 2 aromatic heterocycles. The molecule has 0 bridgehead atoms. The fourth-order valence-electron chi connectivity index (χ4n) is 2.67. The lowest BCUT2D eigenvalue weighted by molar-refractivity contribution is 0.898. The molecule has 0 N–H and O–H groups in total. The van der Waals surface area contributed by atoms with Crippen molar-refractivity contribution in [2.24, 2.45) is 5.11 Å². The van der Waals surface area contributed by atoms with Gasteiger partial charge in [-0.15, -0.1) is 0 Å². The molecule has 0 amide bonds. The van der Waals surface area contributed by atoms with E-state index in [9.17, 15) is 0 Å². The van der Waals surface area contributed by atoms with Crippen LogP contribution in [0.2, 0.25) is 5.15 Å². The number of halogens is 1. The molecule has 0 radical (unpaired) electrons. The number of aryl methyl sites for hydroxylation is 2. The predicted molar refractivity (Wildman–Crippen MR) is 95.7 cm³/mol. The lowest BCUT2D eigenvalue weighted by Gasteiger charge is -2.09. The number of hydrogen-bond donors (Lipinski definition) is 0. The molecule has 0 saturated heterocycles. The van der Waals surface area contributed by atoms with Gasteiger partial charge in [0.15, 0.2) is 5.65 Å². The van der Waals surface area contributed by atoms with Gasteiger partial charge in [-0.1, -0.05) is 35.8 Å². The van der Waals surface area contributed by atoms with E-state index in [1.807, 2.05) is 41.8 Å². The molecule has 2 heterocycles. The summed E-state index contributed by atoms with van der Waals surface area (Å²) < 4.78 is 2.04. The largest absolute Gasteiger partial charge is 0.281 e. The van der Waals surface area contributed by atoms with E-state index in [1.165, 1.54) is 0 Å². The van der Waals surface area contributed by atoms with Crippen LogP contribution in [-0.2, 0) is 12.8 Å². The molecule has 7 heteroatoms. The van der Waals surface area contributed by atoms with E-state index < -0.39 is 0 Å². The summed E-state index contributed by atoms with van der Waals surface area (Å²) in [6, 6.07) is 10.1. The number of aromatic nitrogens is 3. The minimum atomic E-state index is 0.459. The molecule has 0 unspecified atom stereocenters. The summed E-state index contributed by atoms with van der Waals surface area (Å²) in [5.41, 5.74) is 13.0. The summed E-state index contributed by atoms with van der Waals surface area (Å²) in [6.45, 7) is 4.46. The van der Waals surface area contributed by atoms with Crippen molar-refractivity contribution in [3.8, 4) is 5.69 Å². The Bertz CT molecular complexity index is 922. The molecule has 0 aliphatic carbocycles. The van der Waals surface area contributed by atoms with Crippen molar-refractivity contribution < 1.29 is 0 Å². The summed E-state index contributed by atoms with van der Waals surface area (Å²) in [6.07, 6.45) is 1.52. The first-order chi connectivity index (χ1) is 11.6. The SMILES string of the molecule is CCc1nc2cc(C)c(Cl)nc2n1-c1ccc(CCN=[N+]=[N-])cc1. The normalized spacial score (nSPS) is 10.8. The Kier molecular flexibility index (Phi) is 4.69. The first kappa shape index (κ1) is 16.3. The van der Waals surface area contributed by atoms with Gasteiger partial charge in [-0.3, -0.25) is 4.57 Å². The highest BCUT2D eigenvalue weighted by Gasteiger charge is 2.14. The Balaban J connectivity index is 2.04. The summed E-state index contributed by atoms with van der Waals surface area (Å²) in [7, 11) is 0. The maximum absolute atomic E-state index is 8.34. The standard InChI is InChI=1S/C17H17ClN6/c1-3-15-21-14-10-11(2)16(18)22-17(14)24(15)13-6-4-12(5-7-13)8-9-20-23-19/h4-7,10H,3,8-9H2,1-2H3. The Labute approximate surface area is 144 Å². The highest BCUT2D eigenvalue weighted by molar-refractivity contribution is 6.30. The molecule has 6 nitrogen and oxygen atoms in total. The van der Waals surface area contributed by atoms with Gasteiger partial charge in [-0.25, -0.2) is 9.97 Å². The lowest BCUT2D eigenvalue weighted by atomic mass is 10.1. The van der Waals surface area contributed by atoms with Gasteiger partial charge in [-0.05, 0) is 48.2 Å². The number of benzene rings is 1. The molecule has 0 saturated carbocycles. The molecule has 0 spiro atoms.